The van der Waals surface area contributed by atoms with E-state index in [9.17, 15) is 0 Å². The summed E-state index contributed by atoms with van der Waals surface area (Å²) in [7, 11) is 1.67. The molecule has 0 spiro atoms. The molecule has 1 aliphatic heterocycles. The average Bonchev–Trinajstić information content (AvgIpc) is 3.22. The van der Waals surface area contributed by atoms with Crippen molar-refractivity contribution in [3.8, 4) is 5.75 Å². The molecule has 0 saturated carbocycles. The number of benzene rings is 1. The van der Waals surface area contributed by atoms with Crippen molar-refractivity contribution in [3.05, 3.63) is 52.2 Å². The summed E-state index contributed by atoms with van der Waals surface area (Å²) in [4.78, 5) is 2.96. The largest absolute Gasteiger partial charge is 0.497 e. The summed E-state index contributed by atoms with van der Waals surface area (Å²) in [6.07, 6.45) is 0. The average molecular weight is 393 g/mol. The van der Waals surface area contributed by atoms with Crippen molar-refractivity contribution in [1.29, 1.82) is 0 Å². The molecule has 1 saturated heterocycles. The standard InChI is InChI=1S/C19H25N3O2S2/c1-23-16-6-4-15(5-7-16)13-20-19(25)21-14-17(18-3-2-12-26-18)22-8-10-24-11-9-22/h2-7,12,17H,8-11,13-14H2,1H3,(H2,20,21,25)/p+1/t17-/m1/s1. The number of nitrogens with one attached hydrogen (secondary N) is 3. The maximum atomic E-state index is 5.51. The van der Waals surface area contributed by atoms with Gasteiger partial charge in [-0.3, -0.25) is 0 Å². The molecule has 0 aliphatic carbocycles. The van der Waals surface area contributed by atoms with Gasteiger partial charge in [0.15, 0.2) is 5.11 Å². The van der Waals surface area contributed by atoms with E-state index >= 15 is 0 Å². The Bertz CT molecular complexity index is 671. The lowest BCUT2D eigenvalue weighted by molar-refractivity contribution is -0.937. The van der Waals surface area contributed by atoms with E-state index in [4.69, 9.17) is 21.7 Å². The van der Waals surface area contributed by atoms with Crippen LogP contribution in [0, 0.1) is 0 Å². The quantitative estimate of drug-likeness (QED) is 0.622. The number of morpholine rings is 1. The van der Waals surface area contributed by atoms with Crippen LogP contribution in [0.25, 0.3) is 0 Å². The lowest BCUT2D eigenvalue weighted by atomic mass is 10.2. The normalized spacial score (nSPS) is 16.0. The van der Waals surface area contributed by atoms with Crippen LogP contribution in [0.1, 0.15) is 16.5 Å². The Hall–Kier alpha value is -1.67. The summed E-state index contributed by atoms with van der Waals surface area (Å²) < 4.78 is 10.7. The van der Waals surface area contributed by atoms with Crippen molar-refractivity contribution in [3.63, 3.8) is 0 Å². The fourth-order valence-corrected chi connectivity index (χ4v) is 4.14. The van der Waals surface area contributed by atoms with E-state index in [0.29, 0.717) is 17.7 Å². The van der Waals surface area contributed by atoms with Gasteiger partial charge in [0.2, 0.25) is 0 Å². The smallest absolute Gasteiger partial charge is 0.166 e. The molecule has 2 heterocycles. The second-order valence-corrected chi connectivity index (χ2v) is 7.64. The van der Waals surface area contributed by atoms with Crippen LogP contribution in [0.5, 0.6) is 5.75 Å². The van der Waals surface area contributed by atoms with Crippen molar-refractivity contribution < 1.29 is 14.4 Å². The van der Waals surface area contributed by atoms with Crippen molar-refractivity contribution in [1.82, 2.24) is 10.6 Å². The minimum atomic E-state index is 0.402. The number of hydrogen-bond donors (Lipinski definition) is 3. The van der Waals surface area contributed by atoms with Crippen LogP contribution in [-0.4, -0.2) is 45.1 Å². The molecular formula is C19H26N3O2S2+. The van der Waals surface area contributed by atoms with Gasteiger partial charge in [-0.05, 0) is 41.4 Å². The summed E-state index contributed by atoms with van der Waals surface area (Å²) >= 11 is 7.29. The molecule has 2 aromatic rings. The second kappa shape index (κ2) is 9.87. The van der Waals surface area contributed by atoms with Gasteiger partial charge in [-0.1, -0.05) is 18.2 Å². The van der Waals surface area contributed by atoms with Crippen LogP contribution in [0.2, 0.25) is 0 Å². The summed E-state index contributed by atoms with van der Waals surface area (Å²) in [5.41, 5.74) is 1.17. The zero-order chi connectivity index (χ0) is 18.2. The molecule has 1 aromatic heterocycles. The first-order valence-corrected chi connectivity index (χ1v) is 10.2. The highest BCUT2D eigenvalue weighted by Crippen LogP contribution is 2.16. The molecule has 5 nitrogen and oxygen atoms in total. The van der Waals surface area contributed by atoms with Crippen LogP contribution in [0.3, 0.4) is 0 Å². The summed E-state index contributed by atoms with van der Waals surface area (Å²) in [6.45, 7) is 5.26. The van der Waals surface area contributed by atoms with Crippen molar-refractivity contribution in [2.45, 2.75) is 12.6 Å². The van der Waals surface area contributed by atoms with E-state index in [1.807, 2.05) is 35.6 Å². The summed E-state index contributed by atoms with van der Waals surface area (Å²) in [6, 6.07) is 12.7. The minimum absolute atomic E-state index is 0.402. The maximum absolute atomic E-state index is 5.51. The van der Waals surface area contributed by atoms with Gasteiger partial charge in [0.1, 0.15) is 24.9 Å². The molecule has 1 atom stereocenters. The molecule has 3 rings (SSSR count). The van der Waals surface area contributed by atoms with Gasteiger partial charge in [0.05, 0.1) is 31.7 Å². The van der Waals surface area contributed by atoms with Crippen molar-refractivity contribution in [2.24, 2.45) is 0 Å². The monoisotopic (exact) mass is 392 g/mol. The number of thiocarbonyl (C=S) groups is 1. The molecule has 0 amide bonds. The number of thiophene rings is 1. The lowest BCUT2D eigenvalue weighted by Gasteiger charge is -2.31. The fourth-order valence-electron chi connectivity index (χ4n) is 3.10. The summed E-state index contributed by atoms with van der Waals surface area (Å²) in [5, 5.41) is 9.52. The van der Waals surface area contributed by atoms with Crippen LogP contribution in [-0.2, 0) is 11.3 Å². The number of rotatable bonds is 7. The van der Waals surface area contributed by atoms with Crippen LogP contribution in [0.4, 0.5) is 0 Å². The number of hydrogen-bond acceptors (Lipinski definition) is 4. The number of methoxy groups -OCH3 is 1. The predicted molar refractivity (Wildman–Crippen MR) is 109 cm³/mol. The van der Waals surface area contributed by atoms with Crippen molar-refractivity contribution >= 4 is 28.7 Å². The molecule has 1 aromatic carbocycles. The van der Waals surface area contributed by atoms with Gasteiger partial charge < -0.3 is 25.0 Å². The summed E-state index contributed by atoms with van der Waals surface area (Å²) in [5.74, 6) is 0.863. The van der Waals surface area contributed by atoms with E-state index in [2.05, 4.69) is 28.1 Å². The third kappa shape index (κ3) is 5.41. The molecule has 1 aliphatic rings. The van der Waals surface area contributed by atoms with E-state index in [-0.39, 0.29) is 0 Å². The van der Waals surface area contributed by atoms with Gasteiger partial charge in [-0.25, -0.2) is 0 Å². The lowest BCUT2D eigenvalue weighted by Crippen LogP contribution is -3.15. The Morgan fingerprint density at radius 1 is 1.23 bits per heavy atom. The molecule has 140 valence electrons. The van der Waals surface area contributed by atoms with E-state index in [0.717, 1.165) is 38.6 Å². The third-order valence-corrected chi connectivity index (χ3v) is 5.87. The first kappa shape index (κ1) is 19.1. The maximum Gasteiger partial charge on any atom is 0.166 e. The van der Waals surface area contributed by atoms with E-state index in [1.54, 1.807) is 12.0 Å². The third-order valence-electron chi connectivity index (χ3n) is 4.59. The molecule has 26 heavy (non-hydrogen) atoms. The number of quaternary nitrogens is 1. The number of ether oxygens (including phenoxy) is 2. The van der Waals surface area contributed by atoms with Gasteiger partial charge >= 0.3 is 0 Å². The second-order valence-electron chi connectivity index (χ2n) is 6.25. The van der Waals surface area contributed by atoms with Crippen LogP contribution < -0.4 is 20.3 Å². The molecule has 3 N–H and O–H groups in total. The van der Waals surface area contributed by atoms with Gasteiger partial charge in [0.25, 0.3) is 0 Å². The fraction of sp³-hybridized carbons (Fsp3) is 0.421. The van der Waals surface area contributed by atoms with Gasteiger partial charge in [-0.15, -0.1) is 11.3 Å². The molecule has 0 radical (unpaired) electrons. The van der Waals surface area contributed by atoms with Gasteiger partial charge in [0, 0.05) is 6.54 Å². The first-order chi connectivity index (χ1) is 12.8. The highest BCUT2D eigenvalue weighted by atomic mass is 32.1. The topological polar surface area (TPSA) is 47.0 Å². The minimum Gasteiger partial charge on any atom is -0.497 e. The molecule has 7 heteroatoms. The predicted octanol–water partition coefficient (Wildman–Crippen LogP) is 1.38. The van der Waals surface area contributed by atoms with Crippen molar-refractivity contribution in [2.75, 3.05) is 40.0 Å². The zero-order valence-corrected chi connectivity index (χ0v) is 16.6. The highest BCUT2D eigenvalue weighted by molar-refractivity contribution is 7.80. The Kier molecular flexibility index (Phi) is 7.25. The van der Waals surface area contributed by atoms with Gasteiger partial charge in [-0.2, -0.15) is 0 Å². The molecule has 1 fully saturated rings. The molecule has 0 unspecified atom stereocenters. The van der Waals surface area contributed by atoms with Crippen LogP contribution in [0.15, 0.2) is 41.8 Å². The molecular weight excluding hydrogens is 366 g/mol. The van der Waals surface area contributed by atoms with E-state index < -0.39 is 0 Å². The van der Waals surface area contributed by atoms with E-state index in [1.165, 1.54) is 10.4 Å². The Morgan fingerprint density at radius 2 is 2.00 bits per heavy atom. The Balaban J connectivity index is 1.50. The zero-order valence-electron chi connectivity index (χ0n) is 15.0. The first-order valence-electron chi connectivity index (χ1n) is 8.86. The SMILES string of the molecule is COc1ccc(CNC(=S)NC[C@H](c2cccs2)[NH+]2CCOCC2)cc1. The van der Waals surface area contributed by atoms with Crippen LogP contribution >= 0.6 is 23.6 Å². The Labute approximate surface area is 164 Å². The highest BCUT2D eigenvalue weighted by Gasteiger charge is 2.27. The Morgan fingerprint density at radius 3 is 2.65 bits per heavy atom. The molecule has 0 bridgehead atoms.